The summed E-state index contributed by atoms with van der Waals surface area (Å²) >= 11 is 0. The van der Waals surface area contributed by atoms with Gasteiger partial charge in [0.05, 0.1) is 17.2 Å². The summed E-state index contributed by atoms with van der Waals surface area (Å²) in [6.07, 6.45) is -4.40. The maximum absolute atomic E-state index is 12.9. The van der Waals surface area contributed by atoms with E-state index in [1.807, 2.05) is 6.92 Å². The van der Waals surface area contributed by atoms with Crippen LogP contribution in [0, 0.1) is 11.3 Å². The average Bonchev–Trinajstić information content (AvgIpc) is 2.65. The molecule has 0 spiro atoms. The molecule has 2 atom stereocenters. The van der Waals surface area contributed by atoms with E-state index in [1.54, 1.807) is 15.9 Å². The number of nitriles is 1. The minimum absolute atomic E-state index is 0.0273. The number of likely N-dealkylation sites (tertiary alicyclic amines) is 2. The predicted molar refractivity (Wildman–Crippen MR) is 100 cm³/mol. The molecule has 1 N–H and O–H groups in total. The normalized spacial score (nSPS) is 26.4. The number of nitrogens with one attached hydrogen (secondary N) is 1. The molecule has 11 heteroatoms. The van der Waals surface area contributed by atoms with E-state index >= 15 is 0 Å². The monoisotopic (exact) mass is 438 g/mol. The van der Waals surface area contributed by atoms with Gasteiger partial charge in [0.1, 0.15) is 18.4 Å². The molecule has 3 heterocycles. The third-order valence-electron chi connectivity index (χ3n) is 5.98. The van der Waals surface area contributed by atoms with Crippen LogP contribution in [-0.2, 0) is 9.53 Å². The van der Waals surface area contributed by atoms with Crippen molar-refractivity contribution in [1.29, 1.82) is 5.26 Å². The number of hydrogen-bond donors (Lipinski definition) is 1. The number of nitrogens with zero attached hydrogens (tertiary/aromatic N) is 3. The van der Waals surface area contributed by atoms with Crippen LogP contribution in [-0.4, -0.2) is 72.5 Å². The van der Waals surface area contributed by atoms with Crippen LogP contribution < -0.4 is 10.1 Å². The van der Waals surface area contributed by atoms with Crippen LogP contribution in [0.5, 0.6) is 5.75 Å². The molecular formula is C20H21F3N4O4. The number of urea groups is 1. The molecule has 3 amide bonds. The van der Waals surface area contributed by atoms with E-state index in [9.17, 15) is 22.8 Å². The van der Waals surface area contributed by atoms with Gasteiger partial charge in [-0.2, -0.15) is 5.26 Å². The second-order valence-corrected chi connectivity index (χ2v) is 8.28. The first-order valence-electron chi connectivity index (χ1n) is 9.84. The molecule has 8 nitrogen and oxygen atoms in total. The third-order valence-corrected chi connectivity index (χ3v) is 5.98. The van der Waals surface area contributed by atoms with Gasteiger partial charge in [-0.25, -0.2) is 4.79 Å². The van der Waals surface area contributed by atoms with Crippen molar-refractivity contribution >= 4 is 11.9 Å². The number of piperidine rings is 1. The van der Waals surface area contributed by atoms with Gasteiger partial charge >= 0.3 is 12.4 Å². The molecule has 0 unspecified atom stereocenters. The number of alkyl halides is 3. The zero-order valence-electron chi connectivity index (χ0n) is 16.7. The summed E-state index contributed by atoms with van der Waals surface area (Å²) in [6, 6.07) is 5.54. The molecule has 0 aromatic heterocycles. The van der Waals surface area contributed by atoms with Gasteiger partial charge in [0.2, 0.25) is 5.91 Å². The van der Waals surface area contributed by atoms with E-state index in [-0.39, 0.29) is 36.1 Å². The van der Waals surface area contributed by atoms with Crippen LogP contribution in [0.1, 0.15) is 30.4 Å². The van der Waals surface area contributed by atoms with Crippen LogP contribution in [0.4, 0.5) is 18.0 Å². The fraction of sp³-hybridized carbons (Fsp3) is 0.550. The van der Waals surface area contributed by atoms with E-state index < -0.39 is 17.7 Å². The highest BCUT2D eigenvalue weighted by atomic mass is 19.4. The van der Waals surface area contributed by atoms with Crippen molar-refractivity contribution in [3.05, 3.63) is 29.3 Å². The lowest BCUT2D eigenvalue weighted by atomic mass is 9.86. The Kier molecular flexibility index (Phi) is 5.21. The fourth-order valence-corrected chi connectivity index (χ4v) is 4.40. The highest BCUT2D eigenvalue weighted by Crippen LogP contribution is 2.34. The van der Waals surface area contributed by atoms with Gasteiger partial charge < -0.3 is 24.6 Å². The molecule has 0 bridgehead atoms. The van der Waals surface area contributed by atoms with Crippen LogP contribution in [0.2, 0.25) is 0 Å². The minimum atomic E-state index is -4.88. The maximum Gasteiger partial charge on any atom is 0.573 e. The number of benzene rings is 1. The van der Waals surface area contributed by atoms with Crippen LogP contribution in [0.3, 0.4) is 0 Å². The lowest BCUT2D eigenvalue weighted by molar-refractivity contribution is -0.274. The lowest BCUT2D eigenvalue weighted by Gasteiger charge is -2.50. The summed E-state index contributed by atoms with van der Waals surface area (Å²) in [5.41, 5.74) is -0.167. The molecular weight excluding hydrogens is 417 g/mol. The first-order chi connectivity index (χ1) is 14.6. The Bertz CT molecular complexity index is 941. The van der Waals surface area contributed by atoms with Gasteiger partial charge in [-0.3, -0.25) is 4.79 Å². The van der Waals surface area contributed by atoms with Crippen molar-refractivity contribution in [3.63, 3.8) is 0 Å². The molecule has 4 rings (SSSR count). The number of ether oxygens (including phenoxy) is 2. The zero-order valence-corrected chi connectivity index (χ0v) is 16.7. The van der Waals surface area contributed by atoms with Crippen LogP contribution in [0.15, 0.2) is 18.2 Å². The van der Waals surface area contributed by atoms with Crippen molar-refractivity contribution in [3.8, 4) is 11.8 Å². The Morgan fingerprint density at radius 2 is 2.10 bits per heavy atom. The number of hydrogen-bond acceptors (Lipinski definition) is 5. The topological polar surface area (TPSA) is 94.9 Å². The largest absolute Gasteiger partial charge is 0.573 e. The second kappa shape index (κ2) is 7.60. The van der Waals surface area contributed by atoms with Gasteiger partial charge in [-0.1, -0.05) is 6.07 Å². The molecule has 3 fully saturated rings. The second-order valence-electron chi connectivity index (χ2n) is 8.28. The Labute approximate surface area is 176 Å². The van der Waals surface area contributed by atoms with E-state index in [4.69, 9.17) is 10.00 Å². The van der Waals surface area contributed by atoms with Gasteiger partial charge in [0, 0.05) is 32.1 Å². The Morgan fingerprint density at radius 1 is 1.35 bits per heavy atom. The van der Waals surface area contributed by atoms with E-state index in [0.29, 0.717) is 38.2 Å². The quantitative estimate of drug-likeness (QED) is 0.762. The molecule has 166 valence electrons. The molecule has 0 saturated carbocycles. The number of amides is 3. The molecule has 1 aromatic rings. The number of carbonyl (C=O) groups excluding carboxylic acids is 2. The third kappa shape index (κ3) is 4.25. The summed E-state index contributed by atoms with van der Waals surface area (Å²) in [6.45, 7) is 3.52. The summed E-state index contributed by atoms with van der Waals surface area (Å²) in [7, 11) is 0. The maximum atomic E-state index is 12.9. The molecule has 3 aliphatic rings. The Hall–Kier alpha value is -3.00. The number of fused-ring (bicyclic) bond motifs is 1. The number of halogens is 3. The molecule has 0 aliphatic carbocycles. The summed E-state index contributed by atoms with van der Waals surface area (Å²) in [5.74, 6) is -0.830. The molecule has 3 aliphatic heterocycles. The summed E-state index contributed by atoms with van der Waals surface area (Å²) in [5, 5.41) is 12.1. The standard InChI is InChI=1S/C20H21F3N4O4/c1-19-11-26(5-4-16(19)30-10-17(28)25-19)18(29)27-8-14(9-27)12-2-3-15(13(6-12)7-24)31-20(21,22)23/h2-3,6,14,16H,4-5,8-11H2,1H3,(H,25,28)/t16-,19+/m0/s1. The highest BCUT2D eigenvalue weighted by molar-refractivity contribution is 5.80. The number of morpholine rings is 1. The highest BCUT2D eigenvalue weighted by Gasteiger charge is 2.47. The van der Waals surface area contributed by atoms with Crippen molar-refractivity contribution in [2.24, 2.45) is 0 Å². The smallest absolute Gasteiger partial charge is 0.404 e. The van der Waals surface area contributed by atoms with Crippen molar-refractivity contribution in [1.82, 2.24) is 15.1 Å². The zero-order chi connectivity index (χ0) is 22.4. The van der Waals surface area contributed by atoms with Crippen molar-refractivity contribution in [2.75, 3.05) is 32.8 Å². The number of carbonyl (C=O) groups is 2. The first kappa shape index (κ1) is 21.2. The van der Waals surface area contributed by atoms with E-state index in [0.717, 1.165) is 6.07 Å². The Balaban J connectivity index is 1.37. The fourth-order valence-electron chi connectivity index (χ4n) is 4.40. The van der Waals surface area contributed by atoms with Crippen molar-refractivity contribution in [2.45, 2.75) is 37.3 Å². The van der Waals surface area contributed by atoms with E-state index in [2.05, 4.69) is 10.1 Å². The van der Waals surface area contributed by atoms with Gasteiger partial charge in [0.15, 0.2) is 0 Å². The van der Waals surface area contributed by atoms with Gasteiger partial charge in [0.25, 0.3) is 0 Å². The number of rotatable bonds is 2. The molecule has 3 saturated heterocycles. The average molecular weight is 438 g/mol. The van der Waals surface area contributed by atoms with Crippen LogP contribution >= 0.6 is 0 Å². The van der Waals surface area contributed by atoms with E-state index in [1.165, 1.54) is 12.1 Å². The molecule has 31 heavy (non-hydrogen) atoms. The summed E-state index contributed by atoms with van der Waals surface area (Å²) < 4.78 is 46.8. The van der Waals surface area contributed by atoms with Gasteiger partial charge in [-0.15, -0.1) is 13.2 Å². The SMILES string of the molecule is C[C@@]12CN(C(=O)N3CC(c4ccc(OC(F)(F)F)c(C#N)c4)C3)CC[C@@H]1OCC(=O)N2. The van der Waals surface area contributed by atoms with Crippen LogP contribution in [0.25, 0.3) is 0 Å². The summed E-state index contributed by atoms with van der Waals surface area (Å²) in [4.78, 5) is 27.9. The first-order valence-corrected chi connectivity index (χ1v) is 9.84. The van der Waals surface area contributed by atoms with Crippen molar-refractivity contribution < 1.29 is 32.2 Å². The minimum Gasteiger partial charge on any atom is -0.404 e. The Morgan fingerprint density at radius 3 is 2.77 bits per heavy atom. The molecule has 0 radical (unpaired) electrons. The predicted octanol–water partition coefficient (Wildman–Crippen LogP) is 1.96. The van der Waals surface area contributed by atoms with Gasteiger partial charge in [-0.05, 0) is 31.0 Å². The molecule has 1 aromatic carbocycles. The lowest BCUT2D eigenvalue weighted by Crippen LogP contribution is -2.70.